The van der Waals surface area contributed by atoms with E-state index >= 15 is 0 Å². The van der Waals surface area contributed by atoms with Crippen LogP contribution in [-0.4, -0.2) is 27.9 Å². The van der Waals surface area contributed by atoms with Gasteiger partial charge in [0.2, 0.25) is 5.16 Å². The van der Waals surface area contributed by atoms with Crippen molar-refractivity contribution in [2.75, 3.05) is 12.5 Å². The van der Waals surface area contributed by atoms with Gasteiger partial charge in [-0.3, -0.25) is 10.2 Å². The van der Waals surface area contributed by atoms with Crippen LogP contribution in [0.15, 0.2) is 56.6 Å². The van der Waals surface area contributed by atoms with Gasteiger partial charge in [-0.25, -0.2) is 4.68 Å². The van der Waals surface area contributed by atoms with Crippen molar-refractivity contribution in [2.24, 2.45) is 0 Å². The van der Waals surface area contributed by atoms with Crippen LogP contribution < -0.4 is 10.2 Å². The molecule has 140 valence electrons. The van der Waals surface area contributed by atoms with E-state index in [4.69, 9.17) is 4.74 Å². The van der Waals surface area contributed by atoms with E-state index in [1.54, 1.807) is 17.7 Å². The van der Waals surface area contributed by atoms with Crippen LogP contribution >= 0.6 is 43.6 Å². The summed E-state index contributed by atoms with van der Waals surface area (Å²) in [4.78, 5) is 12.9. The van der Waals surface area contributed by atoms with Crippen molar-refractivity contribution in [2.45, 2.75) is 17.8 Å². The average Bonchev–Trinajstić information content (AvgIpc) is 3.00. The molecule has 0 fully saturated rings. The SMILES string of the molecule is COc1c(Br)cc(Br)cc1C(=O)Nn1c(C)nnc1SCc1ccccc1. The van der Waals surface area contributed by atoms with E-state index in [-0.39, 0.29) is 5.91 Å². The zero-order valence-corrected chi connectivity index (χ0v) is 18.6. The Morgan fingerprint density at radius 2 is 1.96 bits per heavy atom. The number of rotatable bonds is 6. The predicted octanol–water partition coefficient (Wildman–Crippen LogP) is 4.80. The minimum absolute atomic E-state index is 0.321. The summed E-state index contributed by atoms with van der Waals surface area (Å²) in [6.45, 7) is 1.79. The molecule has 0 aliphatic carbocycles. The molecule has 1 heterocycles. The van der Waals surface area contributed by atoms with Crippen LogP contribution in [-0.2, 0) is 5.75 Å². The molecule has 0 saturated carbocycles. The summed E-state index contributed by atoms with van der Waals surface area (Å²) >= 11 is 8.31. The van der Waals surface area contributed by atoms with Crippen LogP contribution in [0.3, 0.4) is 0 Å². The van der Waals surface area contributed by atoms with E-state index in [0.717, 1.165) is 10.2 Å². The first-order valence-electron chi connectivity index (χ1n) is 7.92. The number of nitrogens with one attached hydrogen (secondary N) is 1. The molecule has 27 heavy (non-hydrogen) atoms. The Labute approximate surface area is 177 Å². The van der Waals surface area contributed by atoms with Crippen molar-refractivity contribution in [3.63, 3.8) is 0 Å². The van der Waals surface area contributed by atoms with Gasteiger partial charge in [-0.1, -0.05) is 58.0 Å². The molecule has 6 nitrogen and oxygen atoms in total. The lowest BCUT2D eigenvalue weighted by atomic mass is 10.2. The molecule has 3 rings (SSSR count). The molecule has 0 atom stereocenters. The molecule has 1 aromatic heterocycles. The van der Waals surface area contributed by atoms with Crippen LogP contribution in [0, 0.1) is 6.92 Å². The maximum Gasteiger partial charge on any atom is 0.274 e. The van der Waals surface area contributed by atoms with Crippen LogP contribution in [0.2, 0.25) is 0 Å². The number of aryl methyl sites for hydroxylation is 1. The highest BCUT2D eigenvalue weighted by molar-refractivity contribution is 9.11. The highest BCUT2D eigenvalue weighted by Gasteiger charge is 2.19. The number of hydrogen-bond acceptors (Lipinski definition) is 5. The molecule has 0 aliphatic rings. The lowest BCUT2D eigenvalue weighted by Gasteiger charge is -2.14. The summed E-state index contributed by atoms with van der Waals surface area (Å²) in [5, 5.41) is 8.86. The van der Waals surface area contributed by atoms with Gasteiger partial charge in [-0.2, -0.15) is 0 Å². The molecule has 0 aliphatic heterocycles. The maximum atomic E-state index is 12.9. The number of carbonyl (C=O) groups excluding carboxylic acids is 1. The highest BCUT2D eigenvalue weighted by atomic mass is 79.9. The van der Waals surface area contributed by atoms with Crippen molar-refractivity contribution in [1.82, 2.24) is 14.9 Å². The standard InChI is InChI=1S/C18H16Br2N4O2S/c1-11-21-22-18(27-10-12-6-4-3-5-7-12)24(11)23-17(25)14-8-13(19)9-15(20)16(14)26-2/h3-9H,10H2,1-2H3,(H,23,25). The lowest BCUT2D eigenvalue weighted by Crippen LogP contribution is -2.25. The monoisotopic (exact) mass is 510 g/mol. The van der Waals surface area contributed by atoms with Gasteiger partial charge in [-0.05, 0) is 40.5 Å². The third-order valence-corrected chi connectivity index (χ3v) is 5.72. The molecule has 1 amide bonds. The first-order chi connectivity index (χ1) is 13.0. The third-order valence-electron chi connectivity index (χ3n) is 3.68. The first kappa shape index (κ1) is 19.9. The van der Waals surface area contributed by atoms with Gasteiger partial charge in [0.15, 0.2) is 0 Å². The number of hydrogen-bond donors (Lipinski definition) is 1. The topological polar surface area (TPSA) is 69.0 Å². The Morgan fingerprint density at radius 3 is 2.67 bits per heavy atom. The summed E-state index contributed by atoms with van der Waals surface area (Å²) in [6.07, 6.45) is 0. The molecule has 0 spiro atoms. The zero-order valence-electron chi connectivity index (χ0n) is 14.6. The largest absolute Gasteiger partial charge is 0.495 e. The summed E-state index contributed by atoms with van der Waals surface area (Å²) in [6, 6.07) is 13.6. The van der Waals surface area contributed by atoms with Crippen LogP contribution in [0.5, 0.6) is 5.75 Å². The summed E-state index contributed by atoms with van der Waals surface area (Å²) in [7, 11) is 1.52. The number of thioether (sulfide) groups is 1. The molecule has 0 saturated heterocycles. The molecule has 2 aromatic carbocycles. The van der Waals surface area contributed by atoms with Gasteiger partial charge in [0.05, 0.1) is 17.1 Å². The zero-order chi connectivity index (χ0) is 19.4. The van der Waals surface area contributed by atoms with E-state index in [0.29, 0.717) is 26.8 Å². The number of nitrogens with zero attached hydrogens (tertiary/aromatic N) is 3. The molecule has 0 bridgehead atoms. The maximum absolute atomic E-state index is 12.9. The molecule has 3 aromatic rings. The van der Waals surface area contributed by atoms with Crippen LogP contribution in [0.4, 0.5) is 0 Å². The van der Waals surface area contributed by atoms with Gasteiger partial charge >= 0.3 is 0 Å². The summed E-state index contributed by atoms with van der Waals surface area (Å²) < 4.78 is 8.40. The number of amides is 1. The van der Waals surface area contributed by atoms with E-state index < -0.39 is 0 Å². The van der Waals surface area contributed by atoms with E-state index in [1.807, 2.05) is 36.4 Å². The Morgan fingerprint density at radius 1 is 1.22 bits per heavy atom. The Bertz CT molecular complexity index is 963. The van der Waals surface area contributed by atoms with Crippen molar-refractivity contribution < 1.29 is 9.53 Å². The smallest absolute Gasteiger partial charge is 0.274 e. The predicted molar refractivity (Wildman–Crippen MR) is 113 cm³/mol. The van der Waals surface area contributed by atoms with Crippen LogP contribution in [0.25, 0.3) is 0 Å². The number of ether oxygens (including phenoxy) is 1. The van der Waals surface area contributed by atoms with E-state index in [1.165, 1.54) is 24.4 Å². The fraction of sp³-hybridized carbons (Fsp3) is 0.167. The van der Waals surface area contributed by atoms with Gasteiger partial charge in [0.1, 0.15) is 11.6 Å². The normalized spacial score (nSPS) is 10.7. The van der Waals surface area contributed by atoms with Gasteiger partial charge in [0.25, 0.3) is 5.91 Å². The molecule has 9 heteroatoms. The summed E-state index contributed by atoms with van der Waals surface area (Å²) in [5.41, 5.74) is 4.41. The number of carbonyl (C=O) groups is 1. The fourth-order valence-corrected chi connectivity index (χ4v) is 4.67. The Hall–Kier alpha value is -1.84. The Kier molecular flexibility index (Phi) is 6.56. The molecule has 0 unspecified atom stereocenters. The van der Waals surface area contributed by atoms with Crippen molar-refractivity contribution in [1.29, 1.82) is 0 Å². The average molecular weight is 512 g/mol. The van der Waals surface area contributed by atoms with Crippen molar-refractivity contribution in [3.8, 4) is 5.75 Å². The molecule has 0 radical (unpaired) electrons. The van der Waals surface area contributed by atoms with Crippen molar-refractivity contribution >= 4 is 49.5 Å². The third kappa shape index (κ3) is 4.72. The number of methoxy groups -OCH3 is 1. The van der Waals surface area contributed by atoms with E-state index in [9.17, 15) is 4.79 Å². The number of halogens is 2. The van der Waals surface area contributed by atoms with Crippen LogP contribution in [0.1, 0.15) is 21.7 Å². The highest BCUT2D eigenvalue weighted by Crippen LogP contribution is 2.33. The first-order valence-corrected chi connectivity index (χ1v) is 10.5. The van der Waals surface area contributed by atoms with E-state index in [2.05, 4.69) is 47.5 Å². The van der Waals surface area contributed by atoms with Crippen molar-refractivity contribution in [3.05, 3.63) is 68.4 Å². The number of aromatic nitrogens is 3. The minimum Gasteiger partial charge on any atom is -0.495 e. The van der Waals surface area contributed by atoms with Gasteiger partial charge < -0.3 is 4.74 Å². The Balaban J connectivity index is 1.82. The lowest BCUT2D eigenvalue weighted by molar-refractivity contribution is 0.100. The summed E-state index contributed by atoms with van der Waals surface area (Å²) in [5.74, 6) is 1.45. The fourth-order valence-electron chi connectivity index (χ4n) is 2.39. The molecule has 1 N–H and O–H groups in total. The second-order valence-electron chi connectivity index (χ2n) is 5.55. The second kappa shape index (κ2) is 8.90. The van der Waals surface area contributed by atoms with Gasteiger partial charge in [0, 0.05) is 10.2 Å². The molecular weight excluding hydrogens is 496 g/mol. The number of benzene rings is 2. The molecular formula is C18H16Br2N4O2S. The second-order valence-corrected chi connectivity index (χ2v) is 8.26. The minimum atomic E-state index is -0.321. The quantitative estimate of drug-likeness (QED) is 0.481. The van der Waals surface area contributed by atoms with Gasteiger partial charge in [-0.15, -0.1) is 10.2 Å².